The van der Waals surface area contributed by atoms with E-state index in [9.17, 15) is 4.79 Å². The van der Waals surface area contributed by atoms with Crippen molar-refractivity contribution >= 4 is 28.9 Å². The zero-order valence-corrected chi connectivity index (χ0v) is 8.34. The summed E-state index contributed by atoms with van der Waals surface area (Å²) in [5.74, 6) is 0.434. The molecule has 74 valence electrons. The predicted molar refractivity (Wildman–Crippen MR) is 58.5 cm³/mol. The fourth-order valence-corrected chi connectivity index (χ4v) is 1.86. The molecule has 2 aromatic heterocycles. The summed E-state index contributed by atoms with van der Waals surface area (Å²) in [4.78, 5) is 14.3. The first-order valence-corrected chi connectivity index (χ1v) is 4.76. The summed E-state index contributed by atoms with van der Waals surface area (Å²) in [6.07, 6.45) is 0. The SMILES string of the molecule is O=c1[nH]c2n[nH]c(=S)n2c2ccccc12. The molecular weight excluding hydrogens is 212 g/mol. The maximum Gasteiger partial charge on any atom is 0.260 e. The van der Waals surface area contributed by atoms with Gasteiger partial charge in [0.15, 0.2) is 0 Å². The van der Waals surface area contributed by atoms with Crippen molar-refractivity contribution in [3.8, 4) is 0 Å². The van der Waals surface area contributed by atoms with Gasteiger partial charge < -0.3 is 0 Å². The number of hydrogen-bond acceptors (Lipinski definition) is 3. The van der Waals surface area contributed by atoms with E-state index >= 15 is 0 Å². The lowest BCUT2D eigenvalue weighted by molar-refractivity contribution is 1.08. The van der Waals surface area contributed by atoms with Crippen LogP contribution < -0.4 is 5.56 Å². The summed E-state index contributed by atoms with van der Waals surface area (Å²) in [7, 11) is 0. The highest BCUT2D eigenvalue weighted by Crippen LogP contribution is 2.09. The van der Waals surface area contributed by atoms with Crippen molar-refractivity contribution < 1.29 is 0 Å². The third-order valence-corrected chi connectivity index (χ3v) is 2.56. The molecule has 3 aromatic rings. The Balaban J connectivity index is 2.80. The molecular formula is C9H6N4OS. The number of H-pyrrole nitrogens is 2. The molecule has 0 aliphatic rings. The average Bonchev–Trinajstić information content (AvgIpc) is 2.61. The highest BCUT2D eigenvalue weighted by atomic mass is 32.1. The Labute approximate surface area is 88.4 Å². The van der Waals surface area contributed by atoms with Gasteiger partial charge in [-0.1, -0.05) is 12.1 Å². The fourth-order valence-electron chi connectivity index (χ4n) is 1.63. The van der Waals surface area contributed by atoms with Gasteiger partial charge in [-0.15, -0.1) is 5.10 Å². The van der Waals surface area contributed by atoms with Crippen molar-refractivity contribution in [3.63, 3.8) is 0 Å². The average molecular weight is 218 g/mol. The van der Waals surface area contributed by atoms with Crippen molar-refractivity contribution in [1.82, 2.24) is 19.6 Å². The van der Waals surface area contributed by atoms with Crippen LogP contribution in [0.25, 0.3) is 16.7 Å². The summed E-state index contributed by atoms with van der Waals surface area (Å²) in [5, 5.41) is 7.16. The molecule has 0 amide bonds. The smallest absolute Gasteiger partial charge is 0.260 e. The number of nitrogens with one attached hydrogen (secondary N) is 2. The predicted octanol–water partition coefficient (Wildman–Crippen LogP) is 1.23. The van der Waals surface area contributed by atoms with Crippen molar-refractivity contribution in [2.24, 2.45) is 0 Å². The van der Waals surface area contributed by atoms with Crippen LogP contribution in [0, 0.1) is 4.77 Å². The Morgan fingerprint density at radius 2 is 2.13 bits per heavy atom. The number of benzene rings is 1. The van der Waals surface area contributed by atoms with Crippen LogP contribution in [0.1, 0.15) is 0 Å². The zero-order chi connectivity index (χ0) is 10.4. The van der Waals surface area contributed by atoms with Gasteiger partial charge in [0.1, 0.15) is 0 Å². The minimum Gasteiger partial charge on any atom is -0.290 e. The fraction of sp³-hybridized carbons (Fsp3) is 0. The third-order valence-electron chi connectivity index (χ3n) is 2.29. The summed E-state index contributed by atoms with van der Waals surface area (Å²) < 4.78 is 2.17. The second-order valence-electron chi connectivity index (χ2n) is 3.16. The van der Waals surface area contributed by atoms with Crippen LogP contribution in [-0.2, 0) is 0 Å². The summed E-state index contributed by atoms with van der Waals surface area (Å²) in [6, 6.07) is 7.26. The van der Waals surface area contributed by atoms with Crippen LogP contribution in [0.3, 0.4) is 0 Å². The van der Waals surface area contributed by atoms with E-state index in [2.05, 4.69) is 15.2 Å². The number of fused-ring (bicyclic) bond motifs is 3. The van der Waals surface area contributed by atoms with Crippen LogP contribution in [0.15, 0.2) is 29.1 Å². The molecule has 0 atom stereocenters. The maximum atomic E-state index is 11.6. The van der Waals surface area contributed by atoms with Gasteiger partial charge in [-0.05, 0) is 24.4 Å². The summed E-state index contributed by atoms with van der Waals surface area (Å²) in [6.45, 7) is 0. The minimum atomic E-state index is -0.160. The quantitative estimate of drug-likeness (QED) is 0.558. The largest absolute Gasteiger partial charge is 0.290 e. The molecule has 0 unspecified atom stereocenters. The lowest BCUT2D eigenvalue weighted by Gasteiger charge is -1.98. The third kappa shape index (κ3) is 1.05. The number of aromatic amines is 2. The van der Waals surface area contributed by atoms with Crippen molar-refractivity contribution in [1.29, 1.82) is 0 Å². The summed E-state index contributed by atoms with van der Waals surface area (Å²) >= 11 is 5.08. The van der Waals surface area contributed by atoms with E-state index in [0.717, 1.165) is 5.52 Å². The molecule has 2 N–H and O–H groups in total. The Morgan fingerprint density at radius 3 is 3.00 bits per heavy atom. The monoisotopic (exact) mass is 218 g/mol. The van der Waals surface area contributed by atoms with Crippen molar-refractivity contribution in [2.45, 2.75) is 0 Å². The molecule has 0 spiro atoms. The molecule has 0 radical (unpaired) electrons. The highest BCUT2D eigenvalue weighted by Gasteiger charge is 2.05. The first-order chi connectivity index (χ1) is 7.27. The van der Waals surface area contributed by atoms with Crippen LogP contribution in [0.5, 0.6) is 0 Å². The normalized spacial score (nSPS) is 11.2. The van der Waals surface area contributed by atoms with E-state index in [1.54, 1.807) is 10.5 Å². The van der Waals surface area contributed by atoms with E-state index in [4.69, 9.17) is 12.2 Å². The molecule has 6 heteroatoms. The van der Waals surface area contributed by atoms with Gasteiger partial charge in [0.25, 0.3) is 5.56 Å². The second-order valence-corrected chi connectivity index (χ2v) is 3.55. The molecule has 0 aliphatic carbocycles. The van der Waals surface area contributed by atoms with Crippen LogP contribution >= 0.6 is 12.2 Å². The Kier molecular flexibility index (Phi) is 1.54. The lowest BCUT2D eigenvalue weighted by atomic mass is 10.2. The topological polar surface area (TPSA) is 66.0 Å². The van der Waals surface area contributed by atoms with Crippen molar-refractivity contribution in [2.75, 3.05) is 0 Å². The van der Waals surface area contributed by atoms with Gasteiger partial charge in [0, 0.05) is 0 Å². The Hall–Kier alpha value is -1.95. The molecule has 15 heavy (non-hydrogen) atoms. The maximum absolute atomic E-state index is 11.6. The molecule has 0 saturated carbocycles. The Morgan fingerprint density at radius 1 is 1.33 bits per heavy atom. The number of para-hydroxylation sites is 1. The molecule has 3 rings (SSSR count). The molecule has 0 saturated heterocycles. The van der Waals surface area contributed by atoms with E-state index < -0.39 is 0 Å². The van der Waals surface area contributed by atoms with Gasteiger partial charge in [0.05, 0.1) is 10.9 Å². The van der Waals surface area contributed by atoms with Gasteiger partial charge in [-0.2, -0.15) is 0 Å². The van der Waals surface area contributed by atoms with Gasteiger partial charge in [-0.25, -0.2) is 5.10 Å². The van der Waals surface area contributed by atoms with Crippen molar-refractivity contribution in [3.05, 3.63) is 39.4 Å². The number of hydrogen-bond donors (Lipinski definition) is 2. The number of nitrogens with zero attached hydrogens (tertiary/aromatic N) is 2. The van der Waals surface area contributed by atoms with Gasteiger partial charge >= 0.3 is 0 Å². The zero-order valence-electron chi connectivity index (χ0n) is 7.52. The van der Waals surface area contributed by atoms with E-state index in [-0.39, 0.29) is 5.56 Å². The summed E-state index contributed by atoms with van der Waals surface area (Å²) in [5.41, 5.74) is 0.599. The molecule has 0 fully saturated rings. The van der Waals surface area contributed by atoms with Gasteiger partial charge in [-0.3, -0.25) is 14.2 Å². The molecule has 0 aliphatic heterocycles. The Bertz CT molecular complexity index is 767. The molecule has 1 aromatic carbocycles. The first kappa shape index (κ1) is 8.37. The van der Waals surface area contributed by atoms with E-state index in [1.807, 2.05) is 18.2 Å². The number of rotatable bonds is 0. The van der Waals surface area contributed by atoms with Crippen LogP contribution in [0.4, 0.5) is 0 Å². The lowest BCUT2D eigenvalue weighted by Crippen LogP contribution is -2.09. The first-order valence-electron chi connectivity index (χ1n) is 4.35. The minimum absolute atomic E-state index is 0.160. The molecule has 0 bridgehead atoms. The van der Waals surface area contributed by atoms with E-state index in [1.165, 1.54) is 0 Å². The van der Waals surface area contributed by atoms with E-state index in [0.29, 0.717) is 15.9 Å². The van der Waals surface area contributed by atoms with Crippen LogP contribution in [-0.4, -0.2) is 19.6 Å². The number of aromatic nitrogens is 4. The highest BCUT2D eigenvalue weighted by molar-refractivity contribution is 7.71. The van der Waals surface area contributed by atoms with Gasteiger partial charge in [0.2, 0.25) is 10.5 Å². The molecule has 2 heterocycles. The second kappa shape index (κ2) is 2.77. The van der Waals surface area contributed by atoms with Crippen LogP contribution in [0.2, 0.25) is 0 Å². The standard InChI is InChI=1S/C9H6N4OS/c14-7-5-3-1-2-4-6(5)13-8(10-7)11-12-9(13)15/h1-4H,(H,12,15)(H,10,11,14). The molecule has 5 nitrogen and oxygen atoms in total.